The second-order valence-corrected chi connectivity index (χ2v) is 6.95. The summed E-state index contributed by atoms with van der Waals surface area (Å²) in [7, 11) is 0. The number of amides is 1. The molecule has 1 amide bonds. The van der Waals surface area contributed by atoms with Gasteiger partial charge in [-0.2, -0.15) is 0 Å². The average molecular weight is 316 g/mol. The van der Waals surface area contributed by atoms with E-state index in [2.05, 4.69) is 11.8 Å². The normalized spacial score (nSPS) is 25.8. The number of hydrogen-bond acceptors (Lipinski definition) is 3. The molecule has 23 heavy (non-hydrogen) atoms. The van der Waals surface area contributed by atoms with E-state index in [-0.39, 0.29) is 0 Å². The minimum Gasteiger partial charge on any atom is -0.492 e. The highest BCUT2D eigenvalue weighted by Crippen LogP contribution is 2.38. The number of benzene rings is 1. The molecular formula is C19H28N2O2. The Bertz CT molecular complexity index is 519. The Morgan fingerprint density at radius 2 is 2.00 bits per heavy atom. The van der Waals surface area contributed by atoms with Crippen LogP contribution in [0.1, 0.15) is 32.6 Å². The van der Waals surface area contributed by atoms with Gasteiger partial charge in [0, 0.05) is 38.0 Å². The molecule has 0 aliphatic carbocycles. The highest BCUT2D eigenvalue weighted by atomic mass is 16.5. The van der Waals surface area contributed by atoms with Gasteiger partial charge in [-0.15, -0.1) is 0 Å². The van der Waals surface area contributed by atoms with E-state index in [0.29, 0.717) is 11.3 Å². The van der Waals surface area contributed by atoms with Crippen LogP contribution in [0, 0.1) is 5.41 Å². The number of likely N-dealkylation sites (tertiary alicyclic amines) is 2. The molecule has 0 saturated carbocycles. The maximum Gasteiger partial charge on any atom is 0.222 e. The number of para-hydroxylation sites is 1. The first kappa shape index (κ1) is 16.3. The predicted octanol–water partition coefficient (Wildman–Crippen LogP) is 2.79. The molecule has 126 valence electrons. The number of nitrogens with zero attached hydrogens (tertiary/aromatic N) is 2. The molecule has 1 aromatic carbocycles. The van der Waals surface area contributed by atoms with Gasteiger partial charge in [-0.1, -0.05) is 18.2 Å². The zero-order chi connectivity index (χ0) is 16.1. The Balaban J connectivity index is 1.51. The lowest BCUT2D eigenvalue weighted by atomic mass is 9.73. The van der Waals surface area contributed by atoms with Gasteiger partial charge in [0.15, 0.2) is 0 Å². The van der Waals surface area contributed by atoms with E-state index >= 15 is 0 Å². The molecule has 4 heteroatoms. The Morgan fingerprint density at radius 1 is 1.17 bits per heavy atom. The van der Waals surface area contributed by atoms with Crippen LogP contribution in [-0.2, 0) is 4.79 Å². The van der Waals surface area contributed by atoms with Crippen LogP contribution in [0.15, 0.2) is 30.3 Å². The second kappa shape index (κ2) is 7.35. The van der Waals surface area contributed by atoms with E-state index in [1.165, 1.54) is 12.8 Å². The fourth-order valence-corrected chi connectivity index (χ4v) is 4.03. The van der Waals surface area contributed by atoms with Gasteiger partial charge in [0.25, 0.3) is 0 Å². The fourth-order valence-electron chi connectivity index (χ4n) is 4.03. The van der Waals surface area contributed by atoms with Gasteiger partial charge in [-0.05, 0) is 44.9 Å². The minimum atomic E-state index is 0.314. The van der Waals surface area contributed by atoms with Crippen LogP contribution in [-0.4, -0.2) is 55.0 Å². The molecule has 4 nitrogen and oxygen atoms in total. The summed E-state index contributed by atoms with van der Waals surface area (Å²) in [5.74, 6) is 1.28. The van der Waals surface area contributed by atoms with Crippen LogP contribution in [0.3, 0.4) is 0 Å². The van der Waals surface area contributed by atoms with Crippen molar-refractivity contribution in [3.05, 3.63) is 30.3 Å². The lowest BCUT2D eigenvalue weighted by molar-refractivity contribution is -0.139. The summed E-state index contributed by atoms with van der Waals surface area (Å²) < 4.78 is 5.84. The van der Waals surface area contributed by atoms with E-state index in [1.807, 2.05) is 35.2 Å². The highest BCUT2D eigenvalue weighted by molar-refractivity contribution is 5.77. The molecule has 1 spiro atoms. The number of carbonyl (C=O) groups excluding carboxylic acids is 1. The lowest BCUT2D eigenvalue weighted by Gasteiger charge is -2.48. The molecular weight excluding hydrogens is 288 g/mol. The molecule has 0 N–H and O–H groups in total. The monoisotopic (exact) mass is 316 g/mol. The largest absolute Gasteiger partial charge is 0.492 e. The molecule has 1 atom stereocenters. The van der Waals surface area contributed by atoms with Crippen molar-refractivity contribution >= 4 is 5.91 Å². The molecule has 2 aliphatic heterocycles. The van der Waals surface area contributed by atoms with Gasteiger partial charge in [0.05, 0.1) is 0 Å². The summed E-state index contributed by atoms with van der Waals surface area (Å²) in [4.78, 5) is 16.5. The van der Waals surface area contributed by atoms with E-state index in [4.69, 9.17) is 4.74 Å². The zero-order valence-corrected chi connectivity index (χ0v) is 14.2. The molecule has 2 saturated heterocycles. The molecule has 0 unspecified atom stereocenters. The average Bonchev–Trinajstić information content (AvgIpc) is 2.59. The van der Waals surface area contributed by atoms with Crippen LogP contribution < -0.4 is 4.74 Å². The molecule has 3 rings (SSSR count). The lowest BCUT2D eigenvalue weighted by Crippen LogP contribution is -2.54. The SMILES string of the molecule is CCN1C[C@]2(CCCN(CCOc3ccccc3)C2)CCC1=O. The molecule has 2 aliphatic rings. The first-order valence-corrected chi connectivity index (χ1v) is 8.89. The summed E-state index contributed by atoms with van der Waals surface area (Å²) in [5, 5.41) is 0. The zero-order valence-electron chi connectivity index (χ0n) is 14.2. The maximum atomic E-state index is 12.0. The summed E-state index contributed by atoms with van der Waals surface area (Å²) >= 11 is 0. The molecule has 0 aromatic heterocycles. The van der Waals surface area contributed by atoms with Crippen molar-refractivity contribution in [1.29, 1.82) is 0 Å². The van der Waals surface area contributed by atoms with Crippen molar-refractivity contribution < 1.29 is 9.53 Å². The summed E-state index contributed by atoms with van der Waals surface area (Å²) in [6.45, 7) is 7.84. The fraction of sp³-hybridized carbons (Fsp3) is 0.632. The molecule has 2 heterocycles. The third-order valence-corrected chi connectivity index (χ3v) is 5.29. The van der Waals surface area contributed by atoms with Crippen LogP contribution in [0.25, 0.3) is 0 Å². The Kier molecular flexibility index (Phi) is 5.21. The molecule has 2 fully saturated rings. The van der Waals surface area contributed by atoms with Gasteiger partial charge in [0.1, 0.15) is 12.4 Å². The van der Waals surface area contributed by atoms with E-state index in [0.717, 1.165) is 57.9 Å². The maximum absolute atomic E-state index is 12.0. The first-order chi connectivity index (χ1) is 11.2. The van der Waals surface area contributed by atoms with E-state index < -0.39 is 0 Å². The van der Waals surface area contributed by atoms with Crippen molar-refractivity contribution in [3.8, 4) is 5.75 Å². The van der Waals surface area contributed by atoms with E-state index in [1.54, 1.807) is 0 Å². The topological polar surface area (TPSA) is 32.8 Å². The Labute approximate surface area is 139 Å². The van der Waals surface area contributed by atoms with Crippen molar-refractivity contribution in [2.24, 2.45) is 5.41 Å². The van der Waals surface area contributed by atoms with Crippen molar-refractivity contribution in [3.63, 3.8) is 0 Å². The number of hydrogen-bond donors (Lipinski definition) is 0. The number of carbonyl (C=O) groups is 1. The van der Waals surface area contributed by atoms with Crippen molar-refractivity contribution in [2.45, 2.75) is 32.6 Å². The summed E-state index contributed by atoms with van der Waals surface area (Å²) in [6, 6.07) is 10.0. The van der Waals surface area contributed by atoms with Gasteiger partial charge < -0.3 is 9.64 Å². The molecule has 0 radical (unpaired) electrons. The molecule has 1 aromatic rings. The first-order valence-electron chi connectivity index (χ1n) is 8.89. The Morgan fingerprint density at radius 3 is 2.78 bits per heavy atom. The van der Waals surface area contributed by atoms with Gasteiger partial charge in [-0.3, -0.25) is 9.69 Å². The summed E-state index contributed by atoms with van der Waals surface area (Å²) in [5.41, 5.74) is 0.314. The number of rotatable bonds is 5. The van der Waals surface area contributed by atoms with Crippen LogP contribution in [0.5, 0.6) is 5.75 Å². The second-order valence-electron chi connectivity index (χ2n) is 6.95. The van der Waals surface area contributed by atoms with Crippen LogP contribution >= 0.6 is 0 Å². The number of ether oxygens (including phenoxy) is 1. The number of piperidine rings is 2. The summed E-state index contributed by atoms with van der Waals surface area (Å²) in [6.07, 6.45) is 4.27. The quantitative estimate of drug-likeness (QED) is 0.837. The van der Waals surface area contributed by atoms with Crippen LogP contribution in [0.2, 0.25) is 0 Å². The standard InChI is InChI=1S/C19H28N2O2/c1-2-21-16-19(11-9-18(21)22)10-6-12-20(15-19)13-14-23-17-7-4-3-5-8-17/h3-5,7-8H,2,6,9-16H2,1H3/t19-/m1/s1. The molecule has 0 bridgehead atoms. The Hall–Kier alpha value is -1.55. The van der Waals surface area contributed by atoms with Gasteiger partial charge >= 0.3 is 0 Å². The van der Waals surface area contributed by atoms with Crippen molar-refractivity contribution in [2.75, 3.05) is 39.3 Å². The third kappa shape index (κ3) is 4.05. The smallest absolute Gasteiger partial charge is 0.222 e. The van der Waals surface area contributed by atoms with E-state index in [9.17, 15) is 4.79 Å². The van der Waals surface area contributed by atoms with Crippen LogP contribution in [0.4, 0.5) is 0 Å². The van der Waals surface area contributed by atoms with Gasteiger partial charge in [-0.25, -0.2) is 0 Å². The predicted molar refractivity (Wildman–Crippen MR) is 91.5 cm³/mol. The highest BCUT2D eigenvalue weighted by Gasteiger charge is 2.41. The third-order valence-electron chi connectivity index (χ3n) is 5.29. The minimum absolute atomic E-state index is 0.314. The van der Waals surface area contributed by atoms with Crippen molar-refractivity contribution in [1.82, 2.24) is 9.80 Å². The van der Waals surface area contributed by atoms with Gasteiger partial charge in [0.2, 0.25) is 5.91 Å².